The highest BCUT2D eigenvalue weighted by atomic mass is 16.1. The lowest BCUT2D eigenvalue weighted by Crippen LogP contribution is -2.44. The maximum atomic E-state index is 11.5. The van der Waals surface area contributed by atoms with Gasteiger partial charge in [0.25, 0.3) is 0 Å². The van der Waals surface area contributed by atoms with E-state index in [0.29, 0.717) is 5.82 Å². The monoisotopic (exact) mass is 379 g/mol. The number of carbonyl (C=O) groups is 1. The first kappa shape index (κ1) is 17.4. The summed E-state index contributed by atoms with van der Waals surface area (Å²) in [6.07, 6.45) is 4.24. The molecule has 0 aromatic carbocycles. The Bertz CT molecular complexity index is 934. The highest BCUT2D eigenvalue weighted by molar-refractivity contribution is 5.88. The number of aromatic nitrogens is 3. The average Bonchev–Trinajstić information content (AvgIpc) is 3.39. The minimum atomic E-state index is -0.120. The second-order valence-electron chi connectivity index (χ2n) is 8.04. The fraction of sp³-hybridized carbons (Fsp3) is 0.500. The van der Waals surface area contributed by atoms with Gasteiger partial charge in [-0.25, -0.2) is 9.97 Å². The first-order chi connectivity index (χ1) is 13.5. The number of nitrogens with one attached hydrogen (secondary N) is 2. The van der Waals surface area contributed by atoms with Crippen molar-refractivity contribution in [2.75, 3.05) is 47.8 Å². The number of rotatable bonds is 3. The van der Waals surface area contributed by atoms with Gasteiger partial charge >= 0.3 is 0 Å². The fourth-order valence-corrected chi connectivity index (χ4v) is 4.27. The summed E-state index contributed by atoms with van der Waals surface area (Å²) in [5, 5.41) is 6.18. The second kappa shape index (κ2) is 6.41. The van der Waals surface area contributed by atoms with Crippen LogP contribution in [0.4, 0.5) is 23.3 Å². The Labute approximate surface area is 164 Å². The number of fused-ring (bicyclic) bond motifs is 2. The number of anilines is 4. The molecule has 0 unspecified atom stereocenters. The van der Waals surface area contributed by atoms with E-state index in [2.05, 4.69) is 31.5 Å². The van der Waals surface area contributed by atoms with E-state index in [1.54, 1.807) is 0 Å². The smallest absolute Gasteiger partial charge is 0.232 e. The Hall–Kier alpha value is -2.74. The van der Waals surface area contributed by atoms with Crippen LogP contribution in [-0.4, -0.2) is 53.6 Å². The lowest BCUT2D eigenvalue weighted by Gasteiger charge is -2.29. The highest BCUT2D eigenvalue weighted by Crippen LogP contribution is 2.57. The van der Waals surface area contributed by atoms with Gasteiger partial charge in [-0.3, -0.25) is 4.79 Å². The lowest BCUT2D eigenvalue weighted by atomic mass is 10.0. The van der Waals surface area contributed by atoms with Gasteiger partial charge in [-0.15, -0.1) is 0 Å². The number of hydrogen-bond acceptors (Lipinski definition) is 7. The van der Waals surface area contributed by atoms with Crippen LogP contribution in [0.2, 0.25) is 0 Å². The van der Waals surface area contributed by atoms with Gasteiger partial charge in [-0.2, -0.15) is 4.98 Å². The summed E-state index contributed by atoms with van der Waals surface area (Å²) < 4.78 is 0. The topological polar surface area (TPSA) is 86.3 Å². The maximum absolute atomic E-state index is 11.5. The van der Waals surface area contributed by atoms with Gasteiger partial charge < -0.3 is 20.4 Å². The SMILES string of the molecule is CC(=O)Nc1cc2c(cn1)C1(CC1)CN2c1nc(C)cc(N2CCNCC2)n1. The molecule has 1 saturated carbocycles. The average molecular weight is 379 g/mol. The minimum Gasteiger partial charge on any atom is -0.354 e. The van der Waals surface area contributed by atoms with Gasteiger partial charge in [0, 0.05) is 74.6 Å². The first-order valence-corrected chi connectivity index (χ1v) is 9.91. The van der Waals surface area contributed by atoms with Crippen LogP contribution in [0.15, 0.2) is 18.3 Å². The number of aryl methyl sites for hydroxylation is 1. The molecule has 1 amide bonds. The number of carbonyl (C=O) groups excluding carboxylic acids is 1. The van der Waals surface area contributed by atoms with Crippen molar-refractivity contribution < 1.29 is 4.79 Å². The van der Waals surface area contributed by atoms with Crippen molar-refractivity contribution in [2.45, 2.75) is 32.1 Å². The predicted molar refractivity (Wildman–Crippen MR) is 108 cm³/mol. The standard InChI is InChI=1S/C20H25N7O/c1-13-9-18(26-7-5-21-6-8-26)25-19(23-13)27-12-20(3-4-20)15-11-22-17(10-16(15)27)24-14(2)28/h9-11,21H,3-8,12H2,1-2H3,(H,22,24,28). The first-order valence-electron chi connectivity index (χ1n) is 9.91. The Morgan fingerprint density at radius 1 is 1.21 bits per heavy atom. The predicted octanol–water partition coefficient (Wildman–Crippen LogP) is 1.73. The van der Waals surface area contributed by atoms with Gasteiger partial charge in [-0.05, 0) is 19.8 Å². The summed E-state index contributed by atoms with van der Waals surface area (Å²) in [4.78, 5) is 30.1. The van der Waals surface area contributed by atoms with Gasteiger partial charge in [0.05, 0.1) is 5.69 Å². The van der Waals surface area contributed by atoms with Crippen molar-refractivity contribution in [3.63, 3.8) is 0 Å². The molecule has 8 nitrogen and oxygen atoms in total. The Morgan fingerprint density at radius 2 is 2.00 bits per heavy atom. The van der Waals surface area contributed by atoms with Crippen LogP contribution >= 0.6 is 0 Å². The Kier molecular flexibility index (Phi) is 3.97. The molecule has 3 aliphatic rings. The lowest BCUT2D eigenvalue weighted by molar-refractivity contribution is -0.114. The van der Waals surface area contributed by atoms with Crippen molar-refractivity contribution >= 4 is 29.2 Å². The molecular formula is C20H25N7O. The van der Waals surface area contributed by atoms with E-state index in [0.717, 1.165) is 68.7 Å². The zero-order chi connectivity index (χ0) is 19.3. The van der Waals surface area contributed by atoms with Crippen molar-refractivity contribution in [3.8, 4) is 0 Å². The molecule has 8 heteroatoms. The number of piperazine rings is 1. The van der Waals surface area contributed by atoms with E-state index >= 15 is 0 Å². The van der Waals surface area contributed by atoms with Crippen LogP contribution in [0.1, 0.15) is 31.0 Å². The summed E-state index contributed by atoms with van der Waals surface area (Å²) in [6.45, 7) is 8.24. The number of amides is 1. The summed E-state index contributed by atoms with van der Waals surface area (Å²) in [5.41, 5.74) is 3.44. The normalized spacial score (nSPS) is 19.6. The van der Waals surface area contributed by atoms with Crippen LogP contribution in [-0.2, 0) is 10.2 Å². The van der Waals surface area contributed by atoms with E-state index in [9.17, 15) is 4.79 Å². The van der Waals surface area contributed by atoms with Crippen molar-refractivity contribution in [1.29, 1.82) is 0 Å². The van der Waals surface area contributed by atoms with Crippen molar-refractivity contribution in [2.24, 2.45) is 0 Å². The third-order valence-corrected chi connectivity index (χ3v) is 5.87. The molecule has 0 bridgehead atoms. The van der Waals surface area contributed by atoms with Crippen LogP contribution in [0, 0.1) is 6.92 Å². The van der Waals surface area contributed by atoms with Crippen molar-refractivity contribution in [3.05, 3.63) is 29.6 Å². The van der Waals surface area contributed by atoms with Crippen LogP contribution in [0.3, 0.4) is 0 Å². The molecule has 2 aliphatic heterocycles. The largest absolute Gasteiger partial charge is 0.354 e. The molecule has 2 aromatic heterocycles. The molecule has 2 aromatic rings. The van der Waals surface area contributed by atoms with Crippen LogP contribution < -0.4 is 20.4 Å². The van der Waals surface area contributed by atoms with Gasteiger partial charge in [0.2, 0.25) is 11.9 Å². The Morgan fingerprint density at radius 3 is 2.71 bits per heavy atom. The van der Waals surface area contributed by atoms with Gasteiger partial charge in [-0.1, -0.05) is 0 Å². The molecule has 1 saturated heterocycles. The minimum absolute atomic E-state index is 0.120. The van der Waals surface area contributed by atoms with E-state index < -0.39 is 0 Å². The molecule has 4 heterocycles. The third kappa shape index (κ3) is 2.97. The molecule has 1 aliphatic carbocycles. The summed E-state index contributed by atoms with van der Waals surface area (Å²) in [5.74, 6) is 2.17. The molecule has 0 atom stereocenters. The molecule has 1 spiro atoms. The summed E-state index contributed by atoms with van der Waals surface area (Å²) >= 11 is 0. The van der Waals surface area contributed by atoms with E-state index in [-0.39, 0.29) is 11.3 Å². The zero-order valence-corrected chi connectivity index (χ0v) is 16.3. The molecule has 5 rings (SSSR count). The molecule has 28 heavy (non-hydrogen) atoms. The zero-order valence-electron chi connectivity index (χ0n) is 16.3. The Balaban J connectivity index is 1.54. The number of nitrogens with zero attached hydrogens (tertiary/aromatic N) is 5. The summed E-state index contributed by atoms with van der Waals surface area (Å²) in [6, 6.07) is 4.02. The molecule has 2 N–H and O–H groups in total. The van der Waals surface area contributed by atoms with Gasteiger partial charge in [0.15, 0.2) is 0 Å². The highest BCUT2D eigenvalue weighted by Gasteiger charge is 2.53. The van der Waals surface area contributed by atoms with Crippen molar-refractivity contribution in [1.82, 2.24) is 20.3 Å². The van der Waals surface area contributed by atoms with Crippen LogP contribution in [0.25, 0.3) is 0 Å². The third-order valence-electron chi connectivity index (χ3n) is 5.87. The van der Waals surface area contributed by atoms with Crippen LogP contribution in [0.5, 0.6) is 0 Å². The van der Waals surface area contributed by atoms with E-state index in [1.165, 1.54) is 12.5 Å². The number of pyridine rings is 1. The quantitative estimate of drug-likeness (QED) is 0.840. The summed E-state index contributed by atoms with van der Waals surface area (Å²) in [7, 11) is 0. The van der Waals surface area contributed by atoms with Gasteiger partial charge in [0.1, 0.15) is 11.6 Å². The second-order valence-corrected chi connectivity index (χ2v) is 8.04. The fourth-order valence-electron chi connectivity index (χ4n) is 4.27. The van der Waals surface area contributed by atoms with E-state index in [1.807, 2.05) is 19.2 Å². The molecule has 146 valence electrons. The molecular weight excluding hydrogens is 354 g/mol. The molecule has 2 fully saturated rings. The maximum Gasteiger partial charge on any atom is 0.232 e. The van der Waals surface area contributed by atoms with E-state index in [4.69, 9.17) is 9.97 Å². The molecule has 0 radical (unpaired) electrons. The number of hydrogen-bond donors (Lipinski definition) is 2.